The topological polar surface area (TPSA) is 3.24 Å². The molecule has 4 rings (SSSR count). The predicted molar refractivity (Wildman–Crippen MR) is 70.3 cm³/mol. The van der Waals surface area contributed by atoms with Crippen LogP contribution in [0.25, 0.3) is 0 Å². The summed E-state index contributed by atoms with van der Waals surface area (Å²) >= 11 is 0. The number of nitrogens with zero attached hydrogens (tertiary/aromatic N) is 1. The molecule has 4 aliphatic rings. The first-order chi connectivity index (χ1) is 8.29. The van der Waals surface area contributed by atoms with Crippen molar-refractivity contribution in [2.45, 2.75) is 31.8 Å². The summed E-state index contributed by atoms with van der Waals surface area (Å²) < 4.78 is 0. The quantitative estimate of drug-likeness (QED) is 0.572. The fraction of sp³-hybridized carbons (Fsp3) is 0.500. The largest absolute Gasteiger partial charge is 0.363 e. The number of hydrogen-bond donors (Lipinski definition) is 0. The maximum Gasteiger partial charge on any atom is 0.0576 e. The highest BCUT2D eigenvalue weighted by atomic mass is 15.2. The van der Waals surface area contributed by atoms with Crippen LogP contribution < -0.4 is 0 Å². The van der Waals surface area contributed by atoms with Crippen molar-refractivity contribution < 1.29 is 0 Å². The van der Waals surface area contributed by atoms with Crippen LogP contribution in [0.5, 0.6) is 0 Å². The maximum atomic E-state index is 4.29. The molecule has 1 nitrogen and oxygen atoms in total. The standard InChI is InChI=1S/C16H19N/c1-10-6-5-9-17-15(10)13-8-4-3-7-12(13)14-11(2)16(14)17/h3,5-7,9,12-16H,2,4,8H2,1H3. The number of piperidine rings is 1. The zero-order valence-electron chi connectivity index (χ0n) is 10.3. The Morgan fingerprint density at radius 1 is 1.35 bits per heavy atom. The fourth-order valence-corrected chi connectivity index (χ4v) is 4.33. The lowest BCUT2D eigenvalue weighted by Crippen LogP contribution is -2.49. The summed E-state index contributed by atoms with van der Waals surface area (Å²) in [4.78, 5) is 2.59. The maximum absolute atomic E-state index is 4.29. The molecule has 0 radical (unpaired) electrons. The van der Waals surface area contributed by atoms with Crippen molar-refractivity contribution >= 4 is 0 Å². The van der Waals surface area contributed by atoms with Crippen molar-refractivity contribution in [2.24, 2.45) is 17.8 Å². The van der Waals surface area contributed by atoms with Crippen LogP contribution in [0.4, 0.5) is 0 Å². The number of hydrogen-bond acceptors (Lipinski definition) is 1. The molecule has 0 aromatic rings. The van der Waals surface area contributed by atoms with Gasteiger partial charge in [0.15, 0.2) is 0 Å². The van der Waals surface area contributed by atoms with Gasteiger partial charge < -0.3 is 4.90 Å². The first kappa shape index (κ1) is 9.76. The summed E-state index contributed by atoms with van der Waals surface area (Å²) in [6.07, 6.45) is 14.3. The summed E-state index contributed by atoms with van der Waals surface area (Å²) in [6, 6.07) is 1.26. The molecule has 0 N–H and O–H groups in total. The van der Waals surface area contributed by atoms with Crippen LogP contribution >= 0.6 is 0 Å². The van der Waals surface area contributed by atoms with Crippen LogP contribution in [0.15, 0.2) is 48.2 Å². The summed E-state index contributed by atoms with van der Waals surface area (Å²) in [5, 5.41) is 0. The van der Waals surface area contributed by atoms with Crippen molar-refractivity contribution in [3.63, 3.8) is 0 Å². The van der Waals surface area contributed by atoms with E-state index in [-0.39, 0.29) is 0 Å². The highest BCUT2D eigenvalue weighted by Crippen LogP contribution is 2.58. The third-order valence-corrected chi connectivity index (χ3v) is 5.10. The molecule has 5 unspecified atom stereocenters. The fourth-order valence-electron chi connectivity index (χ4n) is 4.33. The molecule has 2 heterocycles. The van der Waals surface area contributed by atoms with Crippen molar-refractivity contribution in [1.29, 1.82) is 0 Å². The number of rotatable bonds is 0. The van der Waals surface area contributed by atoms with E-state index in [4.69, 9.17) is 0 Å². The molecular formula is C16H19N. The lowest BCUT2D eigenvalue weighted by molar-refractivity contribution is 0.110. The molecule has 88 valence electrons. The molecule has 0 aromatic carbocycles. The van der Waals surface area contributed by atoms with E-state index >= 15 is 0 Å². The van der Waals surface area contributed by atoms with Crippen LogP contribution in [0, 0.1) is 17.8 Å². The average Bonchev–Trinajstić information content (AvgIpc) is 3.02. The molecule has 17 heavy (non-hydrogen) atoms. The molecule has 2 aliphatic heterocycles. The van der Waals surface area contributed by atoms with Gasteiger partial charge in [-0.2, -0.15) is 0 Å². The zero-order valence-corrected chi connectivity index (χ0v) is 10.3. The van der Waals surface area contributed by atoms with E-state index in [0.29, 0.717) is 12.1 Å². The van der Waals surface area contributed by atoms with Crippen LogP contribution in [0.1, 0.15) is 19.8 Å². The molecule has 1 saturated heterocycles. The van der Waals surface area contributed by atoms with E-state index in [9.17, 15) is 0 Å². The summed E-state index contributed by atoms with van der Waals surface area (Å²) in [5.41, 5.74) is 3.00. The van der Waals surface area contributed by atoms with E-state index in [2.05, 4.69) is 48.9 Å². The van der Waals surface area contributed by atoms with Gasteiger partial charge >= 0.3 is 0 Å². The Hall–Kier alpha value is -1.24. The van der Waals surface area contributed by atoms with E-state index in [1.54, 1.807) is 0 Å². The van der Waals surface area contributed by atoms with Gasteiger partial charge in [0.05, 0.1) is 12.1 Å². The zero-order chi connectivity index (χ0) is 11.6. The first-order valence-electron chi connectivity index (χ1n) is 6.77. The smallest absolute Gasteiger partial charge is 0.0576 e. The minimum Gasteiger partial charge on any atom is -0.363 e. The van der Waals surface area contributed by atoms with Crippen molar-refractivity contribution in [3.05, 3.63) is 48.2 Å². The molecule has 2 fully saturated rings. The van der Waals surface area contributed by atoms with Crippen LogP contribution in [0.3, 0.4) is 0 Å². The highest BCUT2D eigenvalue weighted by Gasteiger charge is 2.59. The van der Waals surface area contributed by atoms with Crippen LogP contribution in [0.2, 0.25) is 0 Å². The van der Waals surface area contributed by atoms with Gasteiger partial charge in [0.1, 0.15) is 0 Å². The minimum atomic E-state index is 0.629. The predicted octanol–water partition coefficient (Wildman–Crippen LogP) is 3.28. The molecule has 0 bridgehead atoms. The number of allylic oxidation sites excluding steroid dienone is 4. The van der Waals surface area contributed by atoms with Gasteiger partial charge in [-0.25, -0.2) is 0 Å². The molecule has 1 saturated carbocycles. The van der Waals surface area contributed by atoms with E-state index in [1.807, 2.05) is 0 Å². The van der Waals surface area contributed by atoms with Gasteiger partial charge in [-0.05, 0) is 43.3 Å². The van der Waals surface area contributed by atoms with E-state index in [0.717, 1.165) is 17.8 Å². The second-order valence-corrected chi connectivity index (χ2v) is 5.94. The number of fused-ring (bicyclic) bond motifs is 6. The Morgan fingerprint density at radius 3 is 3.12 bits per heavy atom. The third kappa shape index (κ3) is 1.15. The molecule has 2 aliphatic carbocycles. The van der Waals surface area contributed by atoms with Crippen LogP contribution in [-0.2, 0) is 0 Å². The summed E-state index contributed by atoms with van der Waals surface area (Å²) in [7, 11) is 0. The van der Waals surface area contributed by atoms with Gasteiger partial charge in [0, 0.05) is 12.1 Å². The van der Waals surface area contributed by atoms with Gasteiger partial charge in [-0.15, -0.1) is 0 Å². The van der Waals surface area contributed by atoms with Crippen LogP contribution in [-0.4, -0.2) is 17.0 Å². The average molecular weight is 225 g/mol. The molecule has 0 aromatic heterocycles. The normalized spacial score (nSPS) is 45.9. The Morgan fingerprint density at radius 2 is 2.24 bits per heavy atom. The summed E-state index contributed by atoms with van der Waals surface area (Å²) in [5.74, 6) is 2.31. The monoisotopic (exact) mass is 225 g/mol. The molecule has 5 atom stereocenters. The van der Waals surface area contributed by atoms with Gasteiger partial charge in [0.2, 0.25) is 0 Å². The van der Waals surface area contributed by atoms with Crippen molar-refractivity contribution in [3.8, 4) is 0 Å². The Kier molecular flexibility index (Phi) is 1.81. The summed E-state index contributed by atoms with van der Waals surface area (Å²) in [6.45, 7) is 6.58. The highest BCUT2D eigenvalue weighted by molar-refractivity contribution is 5.43. The van der Waals surface area contributed by atoms with Crippen molar-refractivity contribution in [1.82, 2.24) is 4.90 Å². The molecule has 0 amide bonds. The second-order valence-electron chi connectivity index (χ2n) is 5.94. The molecule has 0 spiro atoms. The van der Waals surface area contributed by atoms with Gasteiger partial charge in [-0.1, -0.05) is 30.4 Å². The van der Waals surface area contributed by atoms with Crippen molar-refractivity contribution in [2.75, 3.05) is 0 Å². The first-order valence-corrected chi connectivity index (χ1v) is 6.77. The minimum absolute atomic E-state index is 0.629. The Bertz CT molecular complexity index is 468. The third-order valence-electron chi connectivity index (χ3n) is 5.10. The Balaban J connectivity index is 1.80. The molecular weight excluding hydrogens is 206 g/mol. The van der Waals surface area contributed by atoms with Gasteiger partial charge in [-0.3, -0.25) is 0 Å². The van der Waals surface area contributed by atoms with E-state index in [1.165, 1.54) is 24.0 Å². The van der Waals surface area contributed by atoms with Gasteiger partial charge in [0.25, 0.3) is 0 Å². The molecule has 1 heteroatoms. The lowest BCUT2D eigenvalue weighted by Gasteiger charge is -2.47. The second kappa shape index (κ2) is 3.16. The van der Waals surface area contributed by atoms with E-state index < -0.39 is 0 Å². The lowest BCUT2D eigenvalue weighted by atomic mass is 9.71. The Labute approximate surface area is 103 Å². The SMILES string of the molecule is C=C1C2C3C=CCCC3C3C(C)=CC=CN3C12.